The van der Waals surface area contributed by atoms with Crippen molar-refractivity contribution in [2.45, 2.75) is 141 Å². The van der Waals surface area contributed by atoms with E-state index < -0.39 is 0 Å². The molecular formula is C49H66N2O2. The van der Waals surface area contributed by atoms with Crippen LogP contribution in [-0.4, -0.2) is 0 Å². The molecule has 0 unspecified atom stereocenters. The van der Waals surface area contributed by atoms with E-state index in [2.05, 4.69) is 55.5 Å². The zero-order valence-corrected chi connectivity index (χ0v) is 32.6. The third-order valence-electron chi connectivity index (χ3n) is 12.7. The van der Waals surface area contributed by atoms with E-state index in [1.807, 2.05) is 48.5 Å². The van der Waals surface area contributed by atoms with Gasteiger partial charge in [0.15, 0.2) is 0 Å². The second kappa shape index (κ2) is 20.0. The van der Waals surface area contributed by atoms with Crippen LogP contribution in [0.1, 0.15) is 146 Å². The molecule has 4 aromatic carbocycles. The summed E-state index contributed by atoms with van der Waals surface area (Å²) in [7, 11) is 0. The number of nitrogens with two attached hydrogens (primary N) is 2. The van der Waals surface area contributed by atoms with Crippen molar-refractivity contribution in [1.82, 2.24) is 0 Å². The average Bonchev–Trinajstić information content (AvgIpc) is 3.19. The van der Waals surface area contributed by atoms with E-state index in [9.17, 15) is 0 Å². The minimum absolute atomic E-state index is 0.0247. The molecule has 0 bridgehead atoms. The predicted octanol–water partition coefficient (Wildman–Crippen LogP) is 14.4. The number of ether oxygens (including phenoxy) is 2. The van der Waals surface area contributed by atoms with Crippen molar-refractivity contribution in [1.29, 1.82) is 0 Å². The monoisotopic (exact) mass is 715 g/mol. The molecule has 0 atom stereocenters. The van der Waals surface area contributed by atoms with Crippen LogP contribution in [0.3, 0.4) is 0 Å². The molecule has 4 N–H and O–H groups in total. The van der Waals surface area contributed by atoms with Gasteiger partial charge in [-0.05, 0) is 127 Å². The van der Waals surface area contributed by atoms with Crippen molar-refractivity contribution in [3.05, 3.63) is 108 Å². The molecule has 4 heteroatoms. The molecule has 2 aliphatic carbocycles. The van der Waals surface area contributed by atoms with Gasteiger partial charge in [0.25, 0.3) is 0 Å². The first-order valence-corrected chi connectivity index (χ1v) is 21.3. The van der Waals surface area contributed by atoms with Crippen molar-refractivity contribution < 1.29 is 9.47 Å². The molecular weight excluding hydrogens is 649 g/mol. The number of nitrogen functional groups attached to an aromatic ring is 2. The highest BCUT2D eigenvalue weighted by Crippen LogP contribution is 2.49. The lowest BCUT2D eigenvalue weighted by atomic mass is 9.62. The van der Waals surface area contributed by atoms with Crippen molar-refractivity contribution in [3.63, 3.8) is 0 Å². The Hall–Kier alpha value is -3.92. The largest absolute Gasteiger partial charge is 0.457 e. The number of anilines is 2. The first-order valence-electron chi connectivity index (χ1n) is 21.3. The van der Waals surface area contributed by atoms with Crippen LogP contribution in [0.25, 0.3) is 0 Å². The van der Waals surface area contributed by atoms with Gasteiger partial charge in [-0.3, -0.25) is 0 Å². The molecule has 53 heavy (non-hydrogen) atoms. The molecule has 0 saturated heterocycles. The first kappa shape index (κ1) is 38.8. The van der Waals surface area contributed by atoms with E-state index in [1.165, 1.54) is 140 Å². The minimum Gasteiger partial charge on any atom is -0.457 e. The zero-order valence-electron chi connectivity index (χ0n) is 32.6. The Morgan fingerprint density at radius 3 is 1.19 bits per heavy atom. The van der Waals surface area contributed by atoms with Crippen LogP contribution < -0.4 is 20.9 Å². The lowest BCUT2D eigenvalue weighted by Gasteiger charge is -2.42. The lowest BCUT2D eigenvalue weighted by molar-refractivity contribution is 0.208. The molecule has 0 radical (unpaired) electrons. The van der Waals surface area contributed by atoms with Crippen molar-refractivity contribution in [2.75, 3.05) is 11.5 Å². The fraction of sp³-hybridized carbons (Fsp3) is 0.510. The molecule has 4 aromatic rings. The van der Waals surface area contributed by atoms with Crippen LogP contribution in [0.2, 0.25) is 0 Å². The van der Waals surface area contributed by atoms with Gasteiger partial charge in [-0.2, -0.15) is 0 Å². The second-order valence-electron chi connectivity index (χ2n) is 16.5. The SMILES string of the molecule is CCCCCCCCCCC[C@H]1CC[C@H](CCC2CCC(c3ccc(Oc4ccc(N)cc4)cc3)(c3ccc(Oc4ccc(N)cc4)cc3)CC2)CC1. The summed E-state index contributed by atoms with van der Waals surface area (Å²) in [6.07, 6.45) is 28.0. The van der Waals surface area contributed by atoms with E-state index in [1.54, 1.807) is 0 Å². The van der Waals surface area contributed by atoms with Gasteiger partial charge in [-0.1, -0.05) is 134 Å². The predicted molar refractivity (Wildman–Crippen MR) is 224 cm³/mol. The van der Waals surface area contributed by atoms with Gasteiger partial charge < -0.3 is 20.9 Å². The average molecular weight is 715 g/mol. The molecule has 0 amide bonds. The molecule has 284 valence electrons. The van der Waals surface area contributed by atoms with Gasteiger partial charge in [0.1, 0.15) is 23.0 Å². The smallest absolute Gasteiger partial charge is 0.127 e. The van der Waals surface area contributed by atoms with Crippen LogP contribution >= 0.6 is 0 Å². The van der Waals surface area contributed by atoms with Crippen LogP contribution in [0.4, 0.5) is 11.4 Å². The highest BCUT2D eigenvalue weighted by Gasteiger charge is 2.38. The Morgan fingerprint density at radius 2 is 0.774 bits per heavy atom. The molecule has 6 rings (SSSR count). The van der Waals surface area contributed by atoms with Gasteiger partial charge in [0.2, 0.25) is 0 Å². The van der Waals surface area contributed by atoms with Crippen LogP contribution in [0, 0.1) is 17.8 Å². The summed E-state index contributed by atoms with van der Waals surface area (Å²) in [4.78, 5) is 0. The summed E-state index contributed by atoms with van der Waals surface area (Å²) in [6.45, 7) is 2.31. The molecule has 2 saturated carbocycles. The fourth-order valence-corrected chi connectivity index (χ4v) is 9.25. The molecule has 2 aliphatic rings. The third kappa shape index (κ3) is 11.5. The highest BCUT2D eigenvalue weighted by molar-refractivity contribution is 5.47. The zero-order chi connectivity index (χ0) is 36.7. The van der Waals surface area contributed by atoms with Crippen LogP contribution in [0.5, 0.6) is 23.0 Å². The Balaban J connectivity index is 1.01. The van der Waals surface area contributed by atoms with Crippen molar-refractivity contribution >= 4 is 11.4 Å². The van der Waals surface area contributed by atoms with E-state index in [4.69, 9.17) is 20.9 Å². The molecule has 0 spiro atoms. The molecule has 0 aliphatic heterocycles. The number of hydrogen-bond donors (Lipinski definition) is 2. The summed E-state index contributed by atoms with van der Waals surface area (Å²) in [6, 6.07) is 32.9. The van der Waals surface area contributed by atoms with E-state index in [0.29, 0.717) is 0 Å². The van der Waals surface area contributed by atoms with Gasteiger partial charge in [-0.15, -0.1) is 0 Å². The normalized spacial score (nSPS) is 18.8. The van der Waals surface area contributed by atoms with Crippen LogP contribution in [-0.2, 0) is 5.41 Å². The lowest BCUT2D eigenvalue weighted by Crippen LogP contribution is -2.33. The summed E-state index contributed by atoms with van der Waals surface area (Å²) in [5, 5.41) is 0. The van der Waals surface area contributed by atoms with Crippen molar-refractivity contribution in [2.24, 2.45) is 17.8 Å². The van der Waals surface area contributed by atoms with Gasteiger partial charge >= 0.3 is 0 Å². The highest BCUT2D eigenvalue weighted by atomic mass is 16.5. The summed E-state index contributed by atoms with van der Waals surface area (Å²) in [5.74, 6) is 6.05. The fourth-order valence-electron chi connectivity index (χ4n) is 9.25. The maximum Gasteiger partial charge on any atom is 0.127 e. The topological polar surface area (TPSA) is 70.5 Å². The Labute approximate surface area is 321 Å². The van der Waals surface area contributed by atoms with Crippen LogP contribution in [0.15, 0.2) is 97.1 Å². The quantitative estimate of drug-likeness (QED) is 0.0749. The molecule has 2 fully saturated rings. The van der Waals surface area contributed by atoms with Gasteiger partial charge in [0.05, 0.1) is 0 Å². The maximum atomic E-state index is 6.17. The first-order chi connectivity index (χ1) is 26.0. The Bertz CT molecular complexity index is 1500. The van der Waals surface area contributed by atoms with Crippen molar-refractivity contribution in [3.8, 4) is 23.0 Å². The maximum absolute atomic E-state index is 6.17. The number of hydrogen-bond acceptors (Lipinski definition) is 4. The number of benzene rings is 4. The standard InChI is InChI=1S/C49H66N2O2/c1-2-3-4-5-6-7-8-9-10-11-38-12-14-39(15-13-38)16-17-40-34-36-49(37-35-40,41-18-26-45(27-19-41)52-47-30-22-43(50)23-31-47)42-20-28-46(29-21-42)53-48-32-24-44(51)25-33-48/h18-33,38-40H,2-17,34-37,50-51H2,1H3/t38-,39-. The number of rotatable bonds is 19. The van der Waals surface area contributed by atoms with Gasteiger partial charge in [-0.25, -0.2) is 0 Å². The minimum atomic E-state index is -0.0247. The Kier molecular flexibility index (Phi) is 14.6. The van der Waals surface area contributed by atoms with E-state index >= 15 is 0 Å². The van der Waals surface area contributed by atoms with E-state index in [-0.39, 0.29) is 5.41 Å². The molecule has 4 nitrogen and oxygen atoms in total. The summed E-state index contributed by atoms with van der Waals surface area (Å²) in [5.41, 5.74) is 16.0. The molecule has 0 aromatic heterocycles. The summed E-state index contributed by atoms with van der Waals surface area (Å²) >= 11 is 0. The number of unbranched alkanes of at least 4 members (excludes halogenated alkanes) is 8. The third-order valence-corrected chi connectivity index (χ3v) is 12.7. The second-order valence-corrected chi connectivity index (χ2v) is 16.5. The Morgan fingerprint density at radius 1 is 0.434 bits per heavy atom. The summed E-state index contributed by atoms with van der Waals surface area (Å²) < 4.78 is 12.3. The molecule has 0 heterocycles. The van der Waals surface area contributed by atoms with E-state index in [0.717, 1.165) is 52.1 Å². The van der Waals surface area contributed by atoms with Gasteiger partial charge in [0, 0.05) is 16.8 Å².